The molecule has 9 heteroatoms. The number of aryl methyl sites for hydroxylation is 1. The van der Waals surface area contributed by atoms with Crippen molar-refractivity contribution in [3.8, 4) is 0 Å². The fraction of sp³-hybridized carbons (Fsp3) is 0.292. The molecule has 1 saturated heterocycles. The van der Waals surface area contributed by atoms with Crippen LogP contribution in [0.4, 0.5) is 0 Å². The van der Waals surface area contributed by atoms with Crippen molar-refractivity contribution in [3.05, 3.63) is 65.9 Å². The average molecular weight is 469 g/mol. The van der Waals surface area contributed by atoms with Crippen molar-refractivity contribution in [2.75, 3.05) is 6.54 Å². The molecule has 0 bridgehead atoms. The second-order valence-electron chi connectivity index (χ2n) is 8.06. The van der Waals surface area contributed by atoms with E-state index in [1.165, 1.54) is 10.9 Å². The fourth-order valence-corrected chi connectivity index (χ4v) is 5.42. The van der Waals surface area contributed by atoms with Gasteiger partial charge < -0.3 is 4.74 Å². The van der Waals surface area contributed by atoms with Crippen LogP contribution in [0.3, 0.4) is 0 Å². The van der Waals surface area contributed by atoms with Crippen LogP contribution in [-0.2, 0) is 35.6 Å². The molecule has 2 aromatic carbocycles. The molecule has 1 fully saturated rings. The van der Waals surface area contributed by atoms with Crippen molar-refractivity contribution in [1.29, 1.82) is 0 Å². The van der Waals surface area contributed by atoms with Gasteiger partial charge in [-0.05, 0) is 37.1 Å². The monoisotopic (exact) mass is 468 g/mol. The largest absolute Gasteiger partial charge is 0.452 e. The third kappa shape index (κ3) is 4.41. The SMILES string of the molecule is CC(=O)O[C@H]1CCC(=O)N(CCc2cn(S(=O)(=O)c3ccc(C)cc3)c3ccccc23)C1=O. The number of hydrogen-bond donors (Lipinski definition) is 0. The van der Waals surface area contributed by atoms with E-state index in [-0.39, 0.29) is 36.6 Å². The molecule has 1 aliphatic heterocycles. The molecule has 33 heavy (non-hydrogen) atoms. The van der Waals surface area contributed by atoms with Crippen LogP contribution in [0.25, 0.3) is 10.9 Å². The Morgan fingerprint density at radius 3 is 2.48 bits per heavy atom. The Labute approximate surface area is 191 Å². The minimum absolute atomic E-state index is 0.0635. The molecule has 0 unspecified atom stereocenters. The van der Waals surface area contributed by atoms with E-state index in [1.54, 1.807) is 42.6 Å². The van der Waals surface area contributed by atoms with Crippen LogP contribution in [0.2, 0.25) is 0 Å². The van der Waals surface area contributed by atoms with Crippen LogP contribution in [-0.4, -0.2) is 47.7 Å². The van der Waals surface area contributed by atoms with Gasteiger partial charge in [0.25, 0.3) is 15.9 Å². The van der Waals surface area contributed by atoms with Crippen LogP contribution in [0.1, 0.15) is 30.9 Å². The lowest BCUT2D eigenvalue weighted by atomic mass is 10.0. The number of likely N-dealkylation sites (tertiary alicyclic amines) is 1. The number of imide groups is 1. The van der Waals surface area contributed by atoms with Gasteiger partial charge in [0.1, 0.15) is 0 Å². The molecule has 8 nitrogen and oxygen atoms in total. The van der Waals surface area contributed by atoms with Crippen molar-refractivity contribution in [3.63, 3.8) is 0 Å². The molecular formula is C24H24N2O6S. The smallest absolute Gasteiger partial charge is 0.303 e. The highest BCUT2D eigenvalue weighted by molar-refractivity contribution is 7.90. The summed E-state index contributed by atoms with van der Waals surface area (Å²) in [4.78, 5) is 37.6. The maximum Gasteiger partial charge on any atom is 0.303 e. The average Bonchev–Trinajstić information content (AvgIpc) is 3.15. The van der Waals surface area contributed by atoms with Gasteiger partial charge in [-0.1, -0.05) is 35.9 Å². The first-order chi connectivity index (χ1) is 15.7. The summed E-state index contributed by atoms with van der Waals surface area (Å²) < 4.78 is 32.9. The number of aromatic nitrogens is 1. The topological polar surface area (TPSA) is 103 Å². The number of benzene rings is 2. The highest BCUT2D eigenvalue weighted by Gasteiger charge is 2.36. The first-order valence-electron chi connectivity index (χ1n) is 10.6. The normalized spacial score (nSPS) is 16.9. The summed E-state index contributed by atoms with van der Waals surface area (Å²) in [6.07, 6.45) is 1.11. The fourth-order valence-electron chi connectivity index (χ4n) is 4.03. The van der Waals surface area contributed by atoms with Gasteiger partial charge in [-0.25, -0.2) is 12.4 Å². The van der Waals surface area contributed by atoms with E-state index in [0.29, 0.717) is 11.1 Å². The summed E-state index contributed by atoms with van der Waals surface area (Å²) in [5.74, 6) is -1.45. The molecule has 3 aromatic rings. The lowest BCUT2D eigenvalue weighted by Crippen LogP contribution is -2.49. The molecule has 1 aromatic heterocycles. The molecule has 2 amide bonds. The summed E-state index contributed by atoms with van der Waals surface area (Å²) in [6, 6.07) is 13.7. The summed E-state index contributed by atoms with van der Waals surface area (Å²) in [5, 5.41) is 0.724. The number of nitrogens with zero attached hydrogens (tertiary/aromatic N) is 2. The highest BCUT2D eigenvalue weighted by Crippen LogP contribution is 2.27. The molecule has 4 rings (SSSR count). The molecule has 1 atom stereocenters. The molecule has 0 spiro atoms. The van der Waals surface area contributed by atoms with Crippen molar-refractivity contribution >= 4 is 38.7 Å². The van der Waals surface area contributed by atoms with Crippen LogP contribution in [0, 0.1) is 6.92 Å². The Bertz CT molecular complexity index is 1340. The second-order valence-corrected chi connectivity index (χ2v) is 9.87. The van der Waals surface area contributed by atoms with Crippen LogP contribution >= 0.6 is 0 Å². The zero-order valence-electron chi connectivity index (χ0n) is 18.4. The number of rotatable bonds is 6. The number of piperidine rings is 1. The van der Waals surface area contributed by atoms with Gasteiger partial charge in [0.15, 0.2) is 6.10 Å². The Balaban J connectivity index is 1.64. The number of para-hydroxylation sites is 1. The van der Waals surface area contributed by atoms with Gasteiger partial charge >= 0.3 is 5.97 Å². The Morgan fingerprint density at radius 1 is 1.09 bits per heavy atom. The van der Waals surface area contributed by atoms with Gasteiger partial charge in [-0.15, -0.1) is 0 Å². The molecular weight excluding hydrogens is 444 g/mol. The van der Waals surface area contributed by atoms with E-state index in [9.17, 15) is 22.8 Å². The maximum atomic E-state index is 13.3. The van der Waals surface area contributed by atoms with E-state index in [4.69, 9.17) is 4.74 Å². The number of carbonyl (C=O) groups is 3. The van der Waals surface area contributed by atoms with Crippen molar-refractivity contribution < 1.29 is 27.5 Å². The van der Waals surface area contributed by atoms with Gasteiger partial charge in [0.2, 0.25) is 5.91 Å². The van der Waals surface area contributed by atoms with Crippen LogP contribution in [0.5, 0.6) is 0 Å². The molecule has 0 N–H and O–H groups in total. The molecule has 0 radical (unpaired) electrons. The highest BCUT2D eigenvalue weighted by atomic mass is 32.2. The first-order valence-corrected chi connectivity index (χ1v) is 12.0. The second kappa shape index (κ2) is 8.82. The summed E-state index contributed by atoms with van der Waals surface area (Å²) >= 11 is 0. The quantitative estimate of drug-likeness (QED) is 0.407. The third-order valence-corrected chi connectivity index (χ3v) is 7.40. The van der Waals surface area contributed by atoms with Gasteiger partial charge in [-0.2, -0.15) is 0 Å². The van der Waals surface area contributed by atoms with E-state index in [1.807, 2.05) is 19.1 Å². The predicted octanol–water partition coefficient (Wildman–Crippen LogP) is 2.81. The van der Waals surface area contributed by atoms with Crippen LogP contribution < -0.4 is 0 Å². The number of amides is 2. The van der Waals surface area contributed by atoms with E-state index in [2.05, 4.69) is 0 Å². The van der Waals surface area contributed by atoms with E-state index < -0.39 is 28.0 Å². The Hall–Kier alpha value is -3.46. The predicted molar refractivity (Wildman–Crippen MR) is 121 cm³/mol. The Kier molecular flexibility index (Phi) is 6.07. The number of hydrogen-bond acceptors (Lipinski definition) is 6. The minimum atomic E-state index is -3.84. The van der Waals surface area contributed by atoms with Crippen molar-refractivity contribution in [2.45, 2.75) is 44.1 Å². The lowest BCUT2D eigenvalue weighted by molar-refractivity contribution is -0.167. The lowest BCUT2D eigenvalue weighted by Gasteiger charge is -2.30. The van der Waals surface area contributed by atoms with Crippen LogP contribution in [0.15, 0.2) is 59.6 Å². The Morgan fingerprint density at radius 2 is 1.79 bits per heavy atom. The molecule has 0 aliphatic carbocycles. The van der Waals surface area contributed by atoms with E-state index in [0.717, 1.165) is 15.8 Å². The molecule has 2 heterocycles. The molecule has 0 saturated carbocycles. The summed E-state index contributed by atoms with van der Waals surface area (Å²) in [5.41, 5.74) is 2.16. The number of esters is 1. The van der Waals surface area contributed by atoms with Gasteiger partial charge in [-0.3, -0.25) is 19.3 Å². The van der Waals surface area contributed by atoms with Crippen molar-refractivity contribution in [1.82, 2.24) is 8.87 Å². The molecule has 172 valence electrons. The number of fused-ring (bicyclic) bond motifs is 1. The first kappa shape index (κ1) is 22.7. The summed E-state index contributed by atoms with van der Waals surface area (Å²) in [7, 11) is -3.84. The van der Waals surface area contributed by atoms with Gasteiger partial charge in [0, 0.05) is 37.9 Å². The molecule has 1 aliphatic rings. The maximum absolute atomic E-state index is 13.3. The standard InChI is InChI=1S/C24H24N2O6S/c1-16-7-9-19(10-8-16)33(30,31)26-15-18(20-5-3-4-6-21(20)26)13-14-25-23(28)12-11-22(24(25)29)32-17(2)27/h3-10,15,22H,11-14H2,1-2H3/t22-/m0/s1. The van der Waals surface area contributed by atoms with E-state index >= 15 is 0 Å². The number of ether oxygens (including phenoxy) is 1. The zero-order valence-corrected chi connectivity index (χ0v) is 19.2. The summed E-state index contributed by atoms with van der Waals surface area (Å²) in [6.45, 7) is 3.17. The zero-order chi connectivity index (χ0) is 23.8. The third-order valence-electron chi connectivity index (χ3n) is 5.71. The van der Waals surface area contributed by atoms with Crippen molar-refractivity contribution in [2.24, 2.45) is 0 Å². The van der Waals surface area contributed by atoms with Gasteiger partial charge in [0.05, 0.1) is 10.4 Å². The number of carbonyl (C=O) groups excluding carboxylic acids is 3. The minimum Gasteiger partial charge on any atom is -0.452 e.